The average molecular weight is 419 g/mol. The molecule has 0 spiro atoms. The zero-order valence-corrected chi connectivity index (χ0v) is 17.7. The van der Waals surface area contributed by atoms with Crippen LogP contribution in [-0.4, -0.2) is 39.8 Å². The first-order chi connectivity index (χ1) is 13.6. The number of amides is 1. The second-order valence-electron chi connectivity index (χ2n) is 6.76. The van der Waals surface area contributed by atoms with E-state index in [1.54, 1.807) is 19.1 Å². The van der Waals surface area contributed by atoms with Crippen LogP contribution < -0.4 is 10.1 Å². The first kappa shape index (κ1) is 22.4. The number of rotatable bonds is 8. The van der Waals surface area contributed by atoms with Crippen LogP contribution in [0.1, 0.15) is 42.6 Å². The summed E-state index contributed by atoms with van der Waals surface area (Å²) < 4.78 is 34.0. The molecule has 0 saturated heterocycles. The summed E-state index contributed by atoms with van der Waals surface area (Å²) in [6, 6.07) is 11.3. The Morgan fingerprint density at radius 2 is 1.72 bits per heavy atom. The van der Waals surface area contributed by atoms with Crippen LogP contribution in [0, 0.1) is 0 Å². The van der Waals surface area contributed by atoms with E-state index in [1.807, 2.05) is 12.1 Å². The minimum Gasteiger partial charge on any atom is -0.484 e. The fraction of sp³-hybridized carbons (Fsp3) is 0.333. The van der Waals surface area contributed by atoms with Crippen LogP contribution in [0.3, 0.4) is 0 Å². The number of carbonyl (C=O) groups excluding carboxylic acids is 2. The van der Waals surface area contributed by atoms with Crippen LogP contribution >= 0.6 is 0 Å². The topological polar surface area (TPSA) is 98.8 Å². The van der Waals surface area contributed by atoms with Crippen molar-refractivity contribution >= 4 is 27.4 Å². The van der Waals surface area contributed by atoms with Crippen LogP contribution in [0.2, 0.25) is 0 Å². The fourth-order valence-corrected chi connectivity index (χ4v) is 3.17. The van der Waals surface area contributed by atoms with Gasteiger partial charge >= 0.3 is 5.97 Å². The van der Waals surface area contributed by atoms with Crippen molar-refractivity contribution in [3.8, 4) is 5.75 Å². The maximum Gasteiger partial charge on any atom is 0.340 e. The van der Waals surface area contributed by atoms with Crippen molar-refractivity contribution in [2.45, 2.75) is 31.6 Å². The van der Waals surface area contributed by atoms with E-state index in [0.717, 1.165) is 11.8 Å². The van der Waals surface area contributed by atoms with Gasteiger partial charge in [-0.25, -0.2) is 13.2 Å². The molecular weight excluding hydrogens is 394 g/mol. The largest absolute Gasteiger partial charge is 0.484 e. The highest BCUT2D eigenvalue weighted by Crippen LogP contribution is 2.22. The number of hydrogen-bond donors (Lipinski definition) is 1. The standard InChI is InChI=1S/C21H25NO6S/c1-5-27-21(24)18-12-17(29(4,25)26)10-11-19(18)22-20(23)13-28-16-8-6-15(7-9-16)14(2)3/h6-12,14H,5,13H2,1-4H3,(H,22,23). The van der Waals surface area contributed by atoms with Crippen molar-refractivity contribution in [1.82, 2.24) is 0 Å². The van der Waals surface area contributed by atoms with Gasteiger partial charge in [-0.15, -0.1) is 0 Å². The molecule has 0 heterocycles. The number of esters is 1. The van der Waals surface area contributed by atoms with Crippen LogP contribution in [0.4, 0.5) is 5.69 Å². The highest BCUT2D eigenvalue weighted by molar-refractivity contribution is 7.90. The molecule has 8 heteroatoms. The molecule has 0 aromatic heterocycles. The minimum absolute atomic E-state index is 0.0376. The van der Waals surface area contributed by atoms with Gasteiger partial charge < -0.3 is 14.8 Å². The van der Waals surface area contributed by atoms with Crippen molar-refractivity contribution in [3.63, 3.8) is 0 Å². The van der Waals surface area contributed by atoms with Crippen molar-refractivity contribution < 1.29 is 27.5 Å². The Kier molecular flexibility index (Phi) is 7.39. The second kappa shape index (κ2) is 9.56. The van der Waals surface area contributed by atoms with Crippen LogP contribution in [0.25, 0.3) is 0 Å². The SMILES string of the molecule is CCOC(=O)c1cc(S(C)(=O)=O)ccc1NC(=O)COc1ccc(C(C)C)cc1. The summed E-state index contributed by atoms with van der Waals surface area (Å²) in [6.45, 7) is 5.65. The highest BCUT2D eigenvalue weighted by Gasteiger charge is 2.19. The molecule has 0 bridgehead atoms. The second-order valence-corrected chi connectivity index (χ2v) is 8.78. The fourth-order valence-electron chi connectivity index (χ4n) is 2.52. The first-order valence-corrected chi connectivity index (χ1v) is 11.0. The molecule has 0 unspecified atom stereocenters. The number of nitrogens with one attached hydrogen (secondary N) is 1. The number of ether oxygens (including phenoxy) is 2. The molecule has 0 aliphatic carbocycles. The Bertz CT molecular complexity index is 981. The lowest BCUT2D eigenvalue weighted by Gasteiger charge is -2.13. The molecule has 1 amide bonds. The molecular formula is C21H25NO6S. The van der Waals surface area contributed by atoms with Crippen LogP contribution in [-0.2, 0) is 19.4 Å². The van der Waals surface area contributed by atoms with Crippen molar-refractivity contribution in [3.05, 3.63) is 53.6 Å². The molecule has 2 rings (SSSR count). The van der Waals surface area contributed by atoms with E-state index in [1.165, 1.54) is 18.2 Å². The summed E-state index contributed by atoms with van der Waals surface area (Å²) in [5, 5.41) is 2.57. The molecule has 1 N–H and O–H groups in total. The quantitative estimate of drug-likeness (QED) is 0.659. The number of sulfone groups is 1. The van der Waals surface area contributed by atoms with Gasteiger partial charge in [-0.3, -0.25) is 4.79 Å². The highest BCUT2D eigenvalue weighted by atomic mass is 32.2. The van der Waals surface area contributed by atoms with E-state index in [0.29, 0.717) is 11.7 Å². The lowest BCUT2D eigenvalue weighted by atomic mass is 10.0. The molecule has 7 nitrogen and oxygen atoms in total. The average Bonchev–Trinajstić information content (AvgIpc) is 2.66. The summed E-state index contributed by atoms with van der Waals surface area (Å²) >= 11 is 0. The molecule has 0 fully saturated rings. The Morgan fingerprint density at radius 3 is 2.28 bits per heavy atom. The maximum atomic E-state index is 12.3. The molecule has 29 heavy (non-hydrogen) atoms. The van der Waals surface area contributed by atoms with E-state index in [9.17, 15) is 18.0 Å². The van der Waals surface area contributed by atoms with Gasteiger partial charge in [-0.1, -0.05) is 26.0 Å². The van der Waals surface area contributed by atoms with E-state index >= 15 is 0 Å². The van der Waals surface area contributed by atoms with E-state index in [2.05, 4.69) is 19.2 Å². The van der Waals surface area contributed by atoms with Crippen LogP contribution in [0.15, 0.2) is 47.4 Å². The molecule has 0 aliphatic rings. The summed E-state index contributed by atoms with van der Waals surface area (Å²) in [5.74, 6) is -0.278. The molecule has 0 atom stereocenters. The lowest BCUT2D eigenvalue weighted by Crippen LogP contribution is -2.22. The van der Waals surface area contributed by atoms with Gasteiger partial charge in [0.15, 0.2) is 16.4 Å². The molecule has 0 radical (unpaired) electrons. The van der Waals surface area contributed by atoms with Gasteiger partial charge in [0.05, 0.1) is 22.8 Å². The van der Waals surface area contributed by atoms with Gasteiger partial charge in [-0.05, 0) is 48.7 Å². The summed E-state index contributed by atoms with van der Waals surface area (Å²) in [6.07, 6.45) is 1.04. The number of benzene rings is 2. The Balaban J connectivity index is 2.12. The van der Waals surface area contributed by atoms with Gasteiger partial charge in [0.1, 0.15) is 5.75 Å². The third-order valence-electron chi connectivity index (χ3n) is 4.11. The summed E-state index contributed by atoms with van der Waals surface area (Å²) in [7, 11) is -3.52. The van der Waals surface area contributed by atoms with Gasteiger partial charge in [0.25, 0.3) is 5.91 Å². The third-order valence-corrected chi connectivity index (χ3v) is 5.22. The zero-order chi connectivity index (χ0) is 21.6. The van der Waals surface area contributed by atoms with Crippen molar-refractivity contribution in [2.24, 2.45) is 0 Å². The predicted molar refractivity (Wildman–Crippen MR) is 110 cm³/mol. The smallest absolute Gasteiger partial charge is 0.340 e. The monoisotopic (exact) mass is 419 g/mol. The normalized spacial score (nSPS) is 11.2. The Morgan fingerprint density at radius 1 is 1.07 bits per heavy atom. The van der Waals surface area contributed by atoms with Gasteiger partial charge in [0.2, 0.25) is 0 Å². The maximum absolute atomic E-state index is 12.3. The molecule has 0 saturated carbocycles. The Hall–Kier alpha value is -2.87. The first-order valence-electron chi connectivity index (χ1n) is 9.15. The zero-order valence-electron chi connectivity index (χ0n) is 16.9. The molecule has 2 aromatic carbocycles. The van der Waals surface area contributed by atoms with E-state index in [-0.39, 0.29) is 29.4 Å². The van der Waals surface area contributed by atoms with E-state index in [4.69, 9.17) is 9.47 Å². The lowest BCUT2D eigenvalue weighted by molar-refractivity contribution is -0.118. The van der Waals surface area contributed by atoms with Crippen molar-refractivity contribution in [1.29, 1.82) is 0 Å². The number of anilines is 1. The molecule has 156 valence electrons. The summed E-state index contributed by atoms with van der Waals surface area (Å²) in [5.41, 5.74) is 1.27. The van der Waals surface area contributed by atoms with Gasteiger partial charge in [-0.2, -0.15) is 0 Å². The van der Waals surface area contributed by atoms with Crippen LogP contribution in [0.5, 0.6) is 5.75 Å². The number of hydrogen-bond acceptors (Lipinski definition) is 6. The number of carbonyl (C=O) groups is 2. The van der Waals surface area contributed by atoms with Gasteiger partial charge in [0, 0.05) is 6.26 Å². The molecule has 2 aromatic rings. The van der Waals surface area contributed by atoms with E-state index < -0.39 is 21.7 Å². The molecule has 0 aliphatic heterocycles. The summed E-state index contributed by atoms with van der Waals surface area (Å²) in [4.78, 5) is 24.4. The third kappa shape index (κ3) is 6.32. The Labute approximate surface area is 170 Å². The minimum atomic E-state index is -3.52. The predicted octanol–water partition coefficient (Wildman–Crippen LogP) is 3.41. The van der Waals surface area contributed by atoms with Crippen molar-refractivity contribution in [2.75, 3.05) is 24.8 Å².